The number of rotatable bonds is 6. The third kappa shape index (κ3) is 3.91. The quantitative estimate of drug-likeness (QED) is 0.579. The van der Waals surface area contributed by atoms with E-state index < -0.39 is 0 Å². The zero-order valence-electron chi connectivity index (χ0n) is 8.54. The predicted molar refractivity (Wildman–Crippen MR) is 56.4 cm³/mol. The maximum Gasteiger partial charge on any atom is 0.208 e. The number of aromatic nitrogens is 3. The fourth-order valence-electron chi connectivity index (χ4n) is 0.996. The molecule has 0 aliphatic rings. The number of nitrogens with one attached hydrogen (secondary N) is 1. The van der Waals surface area contributed by atoms with E-state index in [4.69, 9.17) is 0 Å². The third-order valence-corrected chi connectivity index (χ3v) is 2.74. The number of carbonyl (C=O) groups excluding carboxylic acids is 1. The lowest BCUT2D eigenvalue weighted by molar-refractivity contribution is -0.118. The van der Waals surface area contributed by atoms with E-state index in [0.29, 0.717) is 18.6 Å². The van der Waals surface area contributed by atoms with Crippen molar-refractivity contribution in [3.8, 4) is 0 Å². The average molecular weight is 213 g/mol. The minimum Gasteiger partial charge on any atom is -0.300 e. The van der Waals surface area contributed by atoms with Crippen LogP contribution in [-0.2, 0) is 4.79 Å². The van der Waals surface area contributed by atoms with Crippen molar-refractivity contribution >= 4 is 17.5 Å². The highest BCUT2D eigenvalue weighted by atomic mass is 32.2. The lowest BCUT2D eigenvalue weighted by atomic mass is 10.2. The second kappa shape index (κ2) is 5.80. The summed E-state index contributed by atoms with van der Waals surface area (Å²) in [5.74, 6) is 2.07. The summed E-state index contributed by atoms with van der Waals surface area (Å²) in [6, 6.07) is 0. The first-order valence-electron chi connectivity index (χ1n) is 4.76. The molecular weight excluding hydrogens is 198 g/mol. The van der Waals surface area contributed by atoms with Gasteiger partial charge >= 0.3 is 0 Å². The second-order valence-electron chi connectivity index (χ2n) is 3.05. The number of thioether (sulfide) groups is 1. The fourth-order valence-corrected chi connectivity index (χ4v) is 1.78. The molecule has 5 heteroatoms. The molecule has 1 N–H and O–H groups in total. The summed E-state index contributed by atoms with van der Waals surface area (Å²) in [7, 11) is 0. The zero-order chi connectivity index (χ0) is 10.4. The maximum absolute atomic E-state index is 11.0. The number of hydrogen-bond donors (Lipinski definition) is 1. The van der Waals surface area contributed by atoms with Gasteiger partial charge in [0.15, 0.2) is 0 Å². The molecule has 14 heavy (non-hydrogen) atoms. The van der Waals surface area contributed by atoms with Crippen LogP contribution in [0.15, 0.2) is 5.16 Å². The number of Topliss-reactive ketones (excluding diaryl/α,β-unsaturated/α-hetero) is 1. The van der Waals surface area contributed by atoms with Gasteiger partial charge in [0.1, 0.15) is 11.6 Å². The van der Waals surface area contributed by atoms with Gasteiger partial charge in [0.05, 0.1) is 0 Å². The van der Waals surface area contributed by atoms with E-state index in [1.165, 1.54) is 0 Å². The van der Waals surface area contributed by atoms with E-state index in [1.807, 2.05) is 13.8 Å². The Labute approximate surface area is 87.9 Å². The monoisotopic (exact) mass is 213 g/mol. The van der Waals surface area contributed by atoms with Gasteiger partial charge in [0.25, 0.3) is 0 Å². The van der Waals surface area contributed by atoms with Gasteiger partial charge in [0.2, 0.25) is 5.16 Å². The molecule has 78 valence electrons. The van der Waals surface area contributed by atoms with Gasteiger partial charge in [-0.15, -0.1) is 5.10 Å². The SMILES string of the molecule is CCC(=O)CCCSc1n[nH]c(C)n1. The summed E-state index contributed by atoms with van der Waals surface area (Å²) < 4.78 is 0. The molecule has 1 heterocycles. The molecule has 0 spiro atoms. The van der Waals surface area contributed by atoms with Crippen molar-refractivity contribution in [2.75, 3.05) is 5.75 Å². The molecule has 0 atom stereocenters. The summed E-state index contributed by atoms with van der Waals surface area (Å²) in [6.07, 6.45) is 2.22. The Hall–Kier alpha value is -0.840. The zero-order valence-corrected chi connectivity index (χ0v) is 9.36. The molecule has 0 saturated heterocycles. The number of ketones is 1. The van der Waals surface area contributed by atoms with E-state index in [0.717, 1.165) is 23.2 Å². The first-order valence-corrected chi connectivity index (χ1v) is 5.74. The largest absolute Gasteiger partial charge is 0.300 e. The lowest BCUT2D eigenvalue weighted by Gasteiger charge is -1.96. The fraction of sp³-hybridized carbons (Fsp3) is 0.667. The standard InChI is InChI=1S/C9H15N3OS/c1-3-8(13)5-4-6-14-9-10-7(2)11-12-9/h3-6H2,1-2H3,(H,10,11,12). The van der Waals surface area contributed by atoms with Crippen molar-refractivity contribution in [3.63, 3.8) is 0 Å². The van der Waals surface area contributed by atoms with Crippen molar-refractivity contribution in [2.45, 2.75) is 38.3 Å². The highest BCUT2D eigenvalue weighted by molar-refractivity contribution is 7.99. The van der Waals surface area contributed by atoms with E-state index in [2.05, 4.69) is 15.2 Å². The van der Waals surface area contributed by atoms with Crippen LogP contribution >= 0.6 is 11.8 Å². The summed E-state index contributed by atoms with van der Waals surface area (Å²) in [6.45, 7) is 3.77. The average Bonchev–Trinajstić information content (AvgIpc) is 2.58. The van der Waals surface area contributed by atoms with Crippen LogP contribution in [0.4, 0.5) is 0 Å². The number of H-pyrrole nitrogens is 1. The van der Waals surface area contributed by atoms with Crippen LogP contribution in [0.1, 0.15) is 32.0 Å². The van der Waals surface area contributed by atoms with E-state index in [-0.39, 0.29) is 0 Å². The molecule has 0 saturated carbocycles. The molecule has 0 aromatic carbocycles. The molecular formula is C9H15N3OS. The molecule has 0 radical (unpaired) electrons. The second-order valence-corrected chi connectivity index (χ2v) is 4.11. The van der Waals surface area contributed by atoms with Gasteiger partial charge in [-0.25, -0.2) is 4.98 Å². The molecule has 0 amide bonds. The number of nitrogens with zero attached hydrogens (tertiary/aromatic N) is 2. The Morgan fingerprint density at radius 1 is 1.57 bits per heavy atom. The topological polar surface area (TPSA) is 58.6 Å². The molecule has 0 aliphatic carbocycles. The van der Waals surface area contributed by atoms with Crippen LogP contribution < -0.4 is 0 Å². The molecule has 1 aromatic heterocycles. The van der Waals surface area contributed by atoms with Crippen molar-refractivity contribution in [3.05, 3.63) is 5.82 Å². The first kappa shape index (κ1) is 11.2. The maximum atomic E-state index is 11.0. The Morgan fingerprint density at radius 3 is 2.93 bits per heavy atom. The van der Waals surface area contributed by atoms with E-state index in [9.17, 15) is 4.79 Å². The highest BCUT2D eigenvalue weighted by Gasteiger charge is 2.01. The Morgan fingerprint density at radius 2 is 2.36 bits per heavy atom. The number of aromatic amines is 1. The Bertz CT molecular complexity index is 298. The van der Waals surface area contributed by atoms with Crippen molar-refractivity contribution < 1.29 is 4.79 Å². The minimum atomic E-state index is 0.330. The normalized spacial score (nSPS) is 10.4. The molecule has 1 rings (SSSR count). The van der Waals surface area contributed by atoms with Gasteiger partial charge in [-0.3, -0.25) is 9.89 Å². The predicted octanol–water partition coefficient (Wildman–Crippen LogP) is 1.96. The van der Waals surface area contributed by atoms with Crippen molar-refractivity contribution in [2.24, 2.45) is 0 Å². The van der Waals surface area contributed by atoms with Gasteiger partial charge < -0.3 is 0 Å². The van der Waals surface area contributed by atoms with Crippen LogP contribution in [0.2, 0.25) is 0 Å². The molecule has 0 aliphatic heterocycles. The van der Waals surface area contributed by atoms with Gasteiger partial charge in [-0.2, -0.15) is 0 Å². The van der Waals surface area contributed by atoms with Crippen LogP contribution in [0.3, 0.4) is 0 Å². The van der Waals surface area contributed by atoms with Gasteiger partial charge in [-0.1, -0.05) is 18.7 Å². The summed E-state index contributed by atoms with van der Waals surface area (Å²) >= 11 is 1.59. The summed E-state index contributed by atoms with van der Waals surface area (Å²) in [5.41, 5.74) is 0. The highest BCUT2D eigenvalue weighted by Crippen LogP contribution is 2.14. The van der Waals surface area contributed by atoms with Crippen LogP contribution in [0, 0.1) is 6.92 Å². The number of hydrogen-bond acceptors (Lipinski definition) is 4. The van der Waals surface area contributed by atoms with E-state index >= 15 is 0 Å². The third-order valence-electron chi connectivity index (χ3n) is 1.80. The Balaban J connectivity index is 2.13. The van der Waals surface area contributed by atoms with Crippen LogP contribution in [-0.4, -0.2) is 26.7 Å². The molecule has 0 bridgehead atoms. The summed E-state index contributed by atoms with van der Waals surface area (Å²) in [4.78, 5) is 15.1. The van der Waals surface area contributed by atoms with Gasteiger partial charge in [0, 0.05) is 18.6 Å². The molecule has 0 fully saturated rings. The van der Waals surface area contributed by atoms with Crippen LogP contribution in [0.5, 0.6) is 0 Å². The number of aryl methyl sites for hydroxylation is 1. The number of carbonyl (C=O) groups is 1. The lowest BCUT2D eigenvalue weighted by Crippen LogP contribution is -1.95. The van der Waals surface area contributed by atoms with Gasteiger partial charge in [-0.05, 0) is 13.3 Å². The molecule has 1 aromatic rings. The first-order chi connectivity index (χ1) is 6.72. The van der Waals surface area contributed by atoms with Crippen molar-refractivity contribution in [1.82, 2.24) is 15.2 Å². The van der Waals surface area contributed by atoms with Crippen LogP contribution in [0.25, 0.3) is 0 Å². The summed E-state index contributed by atoms with van der Waals surface area (Å²) in [5, 5.41) is 7.54. The van der Waals surface area contributed by atoms with Crippen molar-refractivity contribution in [1.29, 1.82) is 0 Å². The minimum absolute atomic E-state index is 0.330. The smallest absolute Gasteiger partial charge is 0.208 e. The Kier molecular flexibility index (Phi) is 4.65. The van der Waals surface area contributed by atoms with E-state index in [1.54, 1.807) is 11.8 Å². The molecule has 4 nitrogen and oxygen atoms in total. The molecule has 0 unspecified atom stereocenters.